The van der Waals surface area contributed by atoms with Crippen LogP contribution in [0.5, 0.6) is 5.75 Å². The molecule has 0 aliphatic rings. The zero-order valence-corrected chi connectivity index (χ0v) is 13.4. The van der Waals surface area contributed by atoms with Gasteiger partial charge in [-0.1, -0.05) is 22.9 Å². The Labute approximate surface area is 128 Å². The van der Waals surface area contributed by atoms with Gasteiger partial charge in [-0.2, -0.15) is 0 Å². The number of rotatable bonds is 6. The van der Waals surface area contributed by atoms with E-state index >= 15 is 0 Å². The summed E-state index contributed by atoms with van der Waals surface area (Å²) in [5.41, 5.74) is 8.07. The molecule has 4 nitrogen and oxygen atoms in total. The lowest BCUT2D eigenvalue weighted by Crippen LogP contribution is -2.10. The molecule has 1 aromatic carbocycles. The van der Waals surface area contributed by atoms with Gasteiger partial charge < -0.3 is 15.0 Å². The highest BCUT2D eigenvalue weighted by molar-refractivity contribution is 9.10. The lowest BCUT2D eigenvalue weighted by atomic mass is 10.1. The van der Waals surface area contributed by atoms with Crippen molar-refractivity contribution in [3.05, 3.63) is 46.5 Å². The van der Waals surface area contributed by atoms with Crippen molar-refractivity contribution in [3.8, 4) is 5.75 Å². The molecule has 0 saturated carbocycles. The van der Waals surface area contributed by atoms with Gasteiger partial charge in [-0.05, 0) is 31.5 Å². The van der Waals surface area contributed by atoms with Crippen LogP contribution in [0.2, 0.25) is 0 Å². The molecule has 0 unspecified atom stereocenters. The summed E-state index contributed by atoms with van der Waals surface area (Å²) in [5.74, 6) is 0.826. The molecule has 0 bridgehead atoms. The minimum absolute atomic E-state index is 0.0666. The molecule has 2 rings (SSSR count). The number of ether oxygens (including phenoxy) is 1. The molecule has 2 aromatic rings. The molecule has 0 aliphatic heterocycles. The van der Waals surface area contributed by atoms with Crippen molar-refractivity contribution in [2.75, 3.05) is 0 Å². The number of nitrogens with two attached hydrogens (primary N) is 1. The topological polar surface area (TPSA) is 53.1 Å². The summed E-state index contributed by atoms with van der Waals surface area (Å²) >= 11 is 3.46. The smallest absolute Gasteiger partial charge is 0.130 e. The first-order chi connectivity index (χ1) is 9.61. The molecular weight excluding hydrogens is 318 g/mol. The van der Waals surface area contributed by atoms with E-state index in [1.54, 1.807) is 0 Å². The third-order valence-corrected chi connectivity index (χ3v) is 3.59. The summed E-state index contributed by atoms with van der Waals surface area (Å²) in [6.45, 7) is 5.56. The zero-order valence-electron chi connectivity index (χ0n) is 11.8. The average molecular weight is 338 g/mol. The fourth-order valence-corrected chi connectivity index (χ4v) is 2.45. The molecule has 20 heavy (non-hydrogen) atoms. The van der Waals surface area contributed by atoms with Gasteiger partial charge in [0.15, 0.2) is 0 Å². The fraction of sp³-hybridized carbons (Fsp3) is 0.400. The van der Waals surface area contributed by atoms with E-state index in [1.807, 2.05) is 37.6 Å². The van der Waals surface area contributed by atoms with Crippen LogP contribution < -0.4 is 10.5 Å². The Morgan fingerprint density at radius 3 is 2.95 bits per heavy atom. The molecule has 2 N–H and O–H groups in total. The number of nitrogens with zero attached hydrogens (tertiary/aromatic N) is 2. The van der Waals surface area contributed by atoms with Crippen molar-refractivity contribution in [2.24, 2.45) is 5.73 Å². The number of aryl methyl sites for hydroxylation is 1. The van der Waals surface area contributed by atoms with Crippen LogP contribution in [0.15, 0.2) is 35.2 Å². The van der Waals surface area contributed by atoms with Crippen molar-refractivity contribution >= 4 is 15.9 Å². The molecular formula is C15H20BrN3O. The normalized spacial score (nSPS) is 12.4. The molecule has 5 heteroatoms. The monoisotopic (exact) mass is 337 g/mol. The molecule has 0 aliphatic carbocycles. The first kappa shape index (κ1) is 15.1. The maximum atomic E-state index is 5.99. The van der Waals surface area contributed by atoms with Crippen LogP contribution in [0.3, 0.4) is 0 Å². The minimum Gasteiger partial charge on any atom is -0.487 e. The molecule has 1 atom stereocenters. The predicted molar refractivity (Wildman–Crippen MR) is 83.6 cm³/mol. The highest BCUT2D eigenvalue weighted by Crippen LogP contribution is 2.28. The lowest BCUT2D eigenvalue weighted by Gasteiger charge is -2.15. The van der Waals surface area contributed by atoms with Crippen LogP contribution in [0.25, 0.3) is 0 Å². The third kappa shape index (κ3) is 3.61. The van der Waals surface area contributed by atoms with Crippen LogP contribution in [0.4, 0.5) is 0 Å². The van der Waals surface area contributed by atoms with Gasteiger partial charge in [-0.25, -0.2) is 4.98 Å². The maximum Gasteiger partial charge on any atom is 0.130 e. The van der Waals surface area contributed by atoms with E-state index in [1.165, 1.54) is 0 Å². The van der Waals surface area contributed by atoms with Gasteiger partial charge >= 0.3 is 0 Å². The fourth-order valence-electron chi connectivity index (χ4n) is 2.07. The van der Waals surface area contributed by atoms with E-state index in [0.717, 1.165) is 34.4 Å². The van der Waals surface area contributed by atoms with Crippen LogP contribution in [-0.4, -0.2) is 9.55 Å². The van der Waals surface area contributed by atoms with E-state index in [9.17, 15) is 0 Å². The largest absolute Gasteiger partial charge is 0.487 e. The van der Waals surface area contributed by atoms with E-state index in [-0.39, 0.29) is 6.04 Å². The number of aromatic nitrogens is 2. The Bertz CT molecular complexity index is 566. The highest BCUT2D eigenvalue weighted by atomic mass is 79.9. The van der Waals surface area contributed by atoms with Gasteiger partial charge in [0.1, 0.15) is 12.4 Å². The molecule has 0 amide bonds. The number of imidazole rings is 1. The molecule has 0 saturated heterocycles. The molecule has 1 heterocycles. The van der Waals surface area contributed by atoms with Crippen LogP contribution in [-0.2, 0) is 13.2 Å². The molecule has 0 fully saturated rings. The van der Waals surface area contributed by atoms with E-state index in [2.05, 4.69) is 32.4 Å². The zero-order chi connectivity index (χ0) is 14.5. The second kappa shape index (κ2) is 6.90. The highest BCUT2D eigenvalue weighted by Gasteiger charge is 2.10. The van der Waals surface area contributed by atoms with Crippen molar-refractivity contribution in [2.45, 2.75) is 39.5 Å². The Kier molecular flexibility index (Phi) is 5.20. The summed E-state index contributed by atoms with van der Waals surface area (Å²) in [4.78, 5) is 4.18. The van der Waals surface area contributed by atoms with Crippen molar-refractivity contribution in [1.82, 2.24) is 9.55 Å². The second-order valence-corrected chi connectivity index (χ2v) is 5.75. The van der Waals surface area contributed by atoms with Gasteiger partial charge in [0.2, 0.25) is 0 Å². The Balaban J connectivity index is 2.12. The van der Waals surface area contributed by atoms with Crippen LogP contribution in [0.1, 0.15) is 37.6 Å². The van der Waals surface area contributed by atoms with E-state index < -0.39 is 0 Å². The van der Waals surface area contributed by atoms with E-state index in [4.69, 9.17) is 10.5 Å². The van der Waals surface area contributed by atoms with Crippen LogP contribution in [0, 0.1) is 0 Å². The summed E-state index contributed by atoms with van der Waals surface area (Å²) in [7, 11) is 0. The number of hydrogen-bond acceptors (Lipinski definition) is 3. The molecule has 108 valence electrons. The first-order valence-electron chi connectivity index (χ1n) is 6.78. The number of hydrogen-bond donors (Lipinski definition) is 1. The van der Waals surface area contributed by atoms with Crippen molar-refractivity contribution in [1.29, 1.82) is 0 Å². The summed E-state index contributed by atoms with van der Waals surface area (Å²) in [5, 5.41) is 0. The Hall–Kier alpha value is -1.33. The first-order valence-corrected chi connectivity index (χ1v) is 7.58. The van der Waals surface area contributed by atoms with Gasteiger partial charge in [-0.15, -0.1) is 0 Å². The Morgan fingerprint density at radius 2 is 2.25 bits per heavy atom. The second-order valence-electron chi connectivity index (χ2n) is 4.84. The molecule has 0 spiro atoms. The van der Waals surface area contributed by atoms with Gasteiger partial charge in [0.05, 0.1) is 18.2 Å². The van der Waals surface area contributed by atoms with Crippen molar-refractivity contribution in [3.63, 3.8) is 0 Å². The molecule has 0 radical (unpaired) electrons. The van der Waals surface area contributed by atoms with Gasteiger partial charge in [-0.3, -0.25) is 0 Å². The number of halogens is 1. The van der Waals surface area contributed by atoms with Gasteiger partial charge in [0.25, 0.3) is 0 Å². The SMILES string of the molecule is CCCn1cncc1COc1ccc(Br)cc1[C@H](C)N. The van der Waals surface area contributed by atoms with Crippen LogP contribution >= 0.6 is 15.9 Å². The summed E-state index contributed by atoms with van der Waals surface area (Å²) in [6, 6.07) is 5.85. The number of benzene rings is 1. The average Bonchev–Trinajstić information content (AvgIpc) is 2.85. The van der Waals surface area contributed by atoms with E-state index in [0.29, 0.717) is 6.61 Å². The third-order valence-electron chi connectivity index (χ3n) is 3.10. The summed E-state index contributed by atoms with van der Waals surface area (Å²) < 4.78 is 9.05. The predicted octanol–water partition coefficient (Wildman–Crippen LogP) is 3.65. The Morgan fingerprint density at radius 1 is 1.45 bits per heavy atom. The van der Waals surface area contributed by atoms with Crippen molar-refractivity contribution < 1.29 is 4.74 Å². The minimum atomic E-state index is -0.0666. The maximum absolute atomic E-state index is 5.99. The quantitative estimate of drug-likeness (QED) is 0.875. The molecule has 1 aromatic heterocycles. The van der Waals surface area contributed by atoms with Gasteiger partial charge in [0, 0.05) is 22.6 Å². The standard InChI is InChI=1S/C15H20BrN3O/c1-3-6-19-10-18-8-13(19)9-20-15-5-4-12(16)7-14(15)11(2)17/h4-5,7-8,10-11H,3,6,9,17H2,1-2H3/t11-/m0/s1. The lowest BCUT2D eigenvalue weighted by molar-refractivity contribution is 0.290. The summed E-state index contributed by atoms with van der Waals surface area (Å²) in [6.07, 6.45) is 4.77.